The summed E-state index contributed by atoms with van der Waals surface area (Å²) in [4.78, 5) is 20.4. The Bertz CT molecular complexity index is 1500. The van der Waals surface area contributed by atoms with Gasteiger partial charge in [-0.1, -0.05) is 18.2 Å². The Morgan fingerprint density at radius 1 is 0.853 bits per heavy atom. The predicted octanol–water partition coefficient (Wildman–Crippen LogP) is 6.85. The maximum Gasteiger partial charge on any atom is 0.335 e. The summed E-state index contributed by atoms with van der Waals surface area (Å²) in [6.07, 6.45) is 3.61. The van der Waals surface area contributed by atoms with E-state index >= 15 is 0 Å². The van der Waals surface area contributed by atoms with Crippen LogP contribution >= 0.6 is 0 Å². The Kier molecular flexibility index (Phi) is 5.42. The quantitative estimate of drug-likeness (QED) is 0.317. The molecule has 0 amide bonds. The minimum Gasteiger partial charge on any atom is -0.478 e. The minimum atomic E-state index is -0.952. The Hall–Kier alpha value is -4.32. The molecule has 0 aliphatic rings. The number of benzene rings is 3. The number of hydrogen-bond acceptors (Lipinski definition) is 3. The molecule has 2 heterocycles. The summed E-state index contributed by atoms with van der Waals surface area (Å²) in [5.41, 5.74) is 6.48. The number of rotatable bonds is 5. The van der Waals surface area contributed by atoms with E-state index in [-0.39, 0.29) is 17.4 Å². The second-order valence-electron chi connectivity index (χ2n) is 8.46. The number of imidazole rings is 1. The maximum absolute atomic E-state index is 13.5. The Morgan fingerprint density at radius 3 is 2.18 bits per heavy atom. The number of nitrogens with zero attached hydrogens (tertiary/aromatic N) is 3. The van der Waals surface area contributed by atoms with Crippen LogP contribution in [0.3, 0.4) is 0 Å². The second kappa shape index (κ2) is 8.56. The molecule has 0 bridgehead atoms. The van der Waals surface area contributed by atoms with Crippen LogP contribution in [-0.2, 0) is 0 Å². The Labute approximate surface area is 196 Å². The first-order valence-electron chi connectivity index (χ1n) is 11.0. The molecule has 6 heteroatoms. The van der Waals surface area contributed by atoms with Crippen LogP contribution in [0.15, 0.2) is 85.3 Å². The standard InChI is InChI=1S/C28H22FN3O2/c1-17(2)32-16-31-26(19-7-10-24(29)11-8-19)27(32)21-9-12-25-22(13-21)14-23(15-30-25)18-3-5-20(6-4-18)28(33)34/h3-17H,1-2H3,(H,33,34). The third-order valence-electron chi connectivity index (χ3n) is 5.89. The highest BCUT2D eigenvalue weighted by atomic mass is 19.1. The molecule has 0 atom stereocenters. The number of carboxylic acids is 1. The molecule has 0 radical (unpaired) electrons. The Balaban J connectivity index is 1.62. The molecule has 0 aliphatic carbocycles. The summed E-state index contributed by atoms with van der Waals surface area (Å²) in [6, 6.07) is 21.5. The SMILES string of the molecule is CC(C)n1cnc(-c2ccc(F)cc2)c1-c1ccc2ncc(-c3ccc(C(=O)O)cc3)cc2c1. The lowest BCUT2D eigenvalue weighted by Gasteiger charge is -2.14. The lowest BCUT2D eigenvalue weighted by atomic mass is 10.00. The van der Waals surface area contributed by atoms with E-state index in [1.54, 1.807) is 42.6 Å². The number of carbonyl (C=O) groups is 1. The van der Waals surface area contributed by atoms with Crippen LogP contribution in [0, 0.1) is 5.82 Å². The highest BCUT2D eigenvalue weighted by Crippen LogP contribution is 2.35. The van der Waals surface area contributed by atoms with Crippen molar-refractivity contribution in [2.45, 2.75) is 19.9 Å². The third kappa shape index (κ3) is 3.94. The van der Waals surface area contributed by atoms with Gasteiger partial charge in [0.1, 0.15) is 5.82 Å². The first kappa shape index (κ1) is 21.5. The number of fused-ring (bicyclic) bond motifs is 1. The number of carboxylic acid groups (broad SMARTS) is 1. The fraction of sp³-hybridized carbons (Fsp3) is 0.107. The van der Waals surface area contributed by atoms with Gasteiger partial charge in [0.25, 0.3) is 0 Å². The number of hydrogen-bond donors (Lipinski definition) is 1. The van der Waals surface area contributed by atoms with Gasteiger partial charge >= 0.3 is 5.97 Å². The zero-order valence-corrected chi connectivity index (χ0v) is 18.7. The van der Waals surface area contributed by atoms with Crippen molar-refractivity contribution < 1.29 is 14.3 Å². The largest absolute Gasteiger partial charge is 0.478 e. The number of aromatic nitrogens is 3. The monoisotopic (exact) mass is 451 g/mol. The Morgan fingerprint density at radius 2 is 1.50 bits per heavy atom. The van der Waals surface area contributed by atoms with E-state index in [4.69, 9.17) is 5.11 Å². The first-order valence-corrected chi connectivity index (χ1v) is 11.0. The highest BCUT2D eigenvalue weighted by molar-refractivity contribution is 5.91. The zero-order chi connectivity index (χ0) is 23.8. The van der Waals surface area contributed by atoms with E-state index in [0.717, 1.165) is 44.5 Å². The number of aromatic carboxylic acids is 1. The van der Waals surface area contributed by atoms with Crippen LogP contribution in [-0.4, -0.2) is 25.6 Å². The van der Waals surface area contributed by atoms with E-state index in [1.807, 2.05) is 18.5 Å². The van der Waals surface area contributed by atoms with Crippen molar-refractivity contribution in [3.63, 3.8) is 0 Å². The van der Waals surface area contributed by atoms with E-state index in [9.17, 15) is 9.18 Å². The van der Waals surface area contributed by atoms with E-state index < -0.39 is 5.97 Å². The fourth-order valence-electron chi connectivity index (χ4n) is 4.10. The van der Waals surface area contributed by atoms with E-state index in [2.05, 4.69) is 40.5 Å². The van der Waals surface area contributed by atoms with Crippen molar-refractivity contribution in [3.05, 3.63) is 96.7 Å². The minimum absolute atomic E-state index is 0.185. The van der Waals surface area contributed by atoms with Crippen molar-refractivity contribution in [3.8, 4) is 33.6 Å². The van der Waals surface area contributed by atoms with Gasteiger partial charge in [-0.15, -0.1) is 0 Å². The van der Waals surface area contributed by atoms with E-state index in [1.165, 1.54) is 12.1 Å². The summed E-state index contributed by atoms with van der Waals surface area (Å²) < 4.78 is 15.6. The average molecular weight is 452 g/mol. The van der Waals surface area contributed by atoms with Crippen molar-refractivity contribution in [1.29, 1.82) is 0 Å². The normalized spacial score (nSPS) is 11.3. The van der Waals surface area contributed by atoms with Gasteiger partial charge in [0.2, 0.25) is 0 Å². The second-order valence-corrected chi connectivity index (χ2v) is 8.46. The van der Waals surface area contributed by atoms with Gasteiger partial charge in [-0.2, -0.15) is 0 Å². The smallest absolute Gasteiger partial charge is 0.335 e. The summed E-state index contributed by atoms with van der Waals surface area (Å²) in [5, 5.41) is 10.1. The molecule has 5 nitrogen and oxygen atoms in total. The molecular weight excluding hydrogens is 429 g/mol. The van der Waals surface area contributed by atoms with Crippen molar-refractivity contribution in [1.82, 2.24) is 14.5 Å². The fourth-order valence-corrected chi connectivity index (χ4v) is 4.10. The van der Waals surface area contributed by atoms with E-state index in [0.29, 0.717) is 0 Å². The van der Waals surface area contributed by atoms with Gasteiger partial charge in [-0.3, -0.25) is 4.98 Å². The summed E-state index contributed by atoms with van der Waals surface area (Å²) in [7, 11) is 0. The molecular formula is C28H22FN3O2. The van der Waals surface area contributed by atoms with Crippen LogP contribution < -0.4 is 0 Å². The molecule has 0 aliphatic heterocycles. The van der Waals surface area contributed by atoms with Gasteiger partial charge in [0.05, 0.1) is 28.8 Å². The number of halogens is 1. The summed E-state index contributed by atoms with van der Waals surface area (Å²) in [5.74, 6) is -1.24. The van der Waals surface area contributed by atoms with Gasteiger partial charge in [-0.25, -0.2) is 14.2 Å². The summed E-state index contributed by atoms with van der Waals surface area (Å²) >= 11 is 0. The first-order chi connectivity index (χ1) is 16.4. The lowest BCUT2D eigenvalue weighted by molar-refractivity contribution is 0.0697. The molecule has 5 rings (SSSR count). The number of pyridine rings is 1. The van der Waals surface area contributed by atoms with Gasteiger partial charge in [0, 0.05) is 34.3 Å². The van der Waals surface area contributed by atoms with Crippen molar-refractivity contribution in [2.75, 3.05) is 0 Å². The summed E-state index contributed by atoms with van der Waals surface area (Å²) in [6.45, 7) is 4.20. The lowest BCUT2D eigenvalue weighted by Crippen LogP contribution is -2.01. The van der Waals surface area contributed by atoms with Gasteiger partial charge < -0.3 is 9.67 Å². The molecule has 0 spiro atoms. The van der Waals surface area contributed by atoms with Crippen LogP contribution in [0.5, 0.6) is 0 Å². The molecule has 0 fully saturated rings. The van der Waals surface area contributed by atoms with Crippen LogP contribution in [0.1, 0.15) is 30.2 Å². The molecule has 2 aromatic heterocycles. The molecule has 168 valence electrons. The molecule has 3 aromatic carbocycles. The van der Waals surface area contributed by atoms with Crippen molar-refractivity contribution >= 4 is 16.9 Å². The molecule has 34 heavy (non-hydrogen) atoms. The predicted molar refractivity (Wildman–Crippen MR) is 131 cm³/mol. The van der Waals surface area contributed by atoms with Crippen LogP contribution in [0.4, 0.5) is 4.39 Å². The highest BCUT2D eigenvalue weighted by Gasteiger charge is 2.17. The van der Waals surface area contributed by atoms with Gasteiger partial charge in [-0.05, 0) is 74.0 Å². The molecule has 0 saturated heterocycles. The maximum atomic E-state index is 13.5. The van der Waals surface area contributed by atoms with Crippen molar-refractivity contribution in [2.24, 2.45) is 0 Å². The topological polar surface area (TPSA) is 68.0 Å². The van der Waals surface area contributed by atoms with Crippen LogP contribution in [0.2, 0.25) is 0 Å². The zero-order valence-electron chi connectivity index (χ0n) is 18.7. The van der Waals surface area contributed by atoms with Crippen LogP contribution in [0.25, 0.3) is 44.5 Å². The average Bonchev–Trinajstić information content (AvgIpc) is 3.29. The molecule has 5 aromatic rings. The molecule has 0 unspecified atom stereocenters. The third-order valence-corrected chi connectivity index (χ3v) is 5.89. The van der Waals surface area contributed by atoms with Gasteiger partial charge in [0.15, 0.2) is 0 Å². The molecule has 0 saturated carbocycles. The molecule has 1 N–H and O–H groups in total.